The molecule has 4 nitrogen and oxygen atoms in total. The Bertz CT molecular complexity index is 473. The minimum absolute atomic E-state index is 0.218. The molecule has 2 aliphatic heterocycles. The Balaban J connectivity index is 1.51. The first-order chi connectivity index (χ1) is 10.2. The molecule has 2 fully saturated rings. The van der Waals surface area contributed by atoms with Crippen molar-refractivity contribution in [2.75, 3.05) is 57.4 Å². The SMILES string of the molecule is Clc1ccc(N2CCN(CC3COCCO3)CC2)cc1Cl. The Labute approximate surface area is 135 Å². The number of ether oxygens (including phenoxy) is 2. The average Bonchev–Trinajstić information content (AvgIpc) is 2.52. The molecule has 0 N–H and O–H groups in total. The lowest BCUT2D eigenvalue weighted by atomic mass is 10.2. The molecule has 1 atom stereocenters. The van der Waals surface area contributed by atoms with Crippen molar-refractivity contribution in [3.63, 3.8) is 0 Å². The lowest BCUT2D eigenvalue weighted by Crippen LogP contribution is -2.50. The van der Waals surface area contributed by atoms with E-state index in [1.807, 2.05) is 18.2 Å². The molecule has 2 aliphatic rings. The molecule has 1 aromatic carbocycles. The summed E-state index contributed by atoms with van der Waals surface area (Å²) in [5.74, 6) is 0. The molecule has 0 aliphatic carbocycles. The lowest BCUT2D eigenvalue weighted by molar-refractivity contribution is -0.0977. The van der Waals surface area contributed by atoms with Crippen molar-refractivity contribution in [2.45, 2.75) is 6.10 Å². The summed E-state index contributed by atoms with van der Waals surface area (Å²) in [7, 11) is 0. The van der Waals surface area contributed by atoms with Crippen molar-refractivity contribution < 1.29 is 9.47 Å². The summed E-state index contributed by atoms with van der Waals surface area (Å²) in [5.41, 5.74) is 1.14. The number of benzene rings is 1. The number of hydrogen-bond acceptors (Lipinski definition) is 4. The highest BCUT2D eigenvalue weighted by Gasteiger charge is 2.22. The molecule has 3 rings (SSSR count). The van der Waals surface area contributed by atoms with E-state index in [2.05, 4.69) is 9.80 Å². The van der Waals surface area contributed by atoms with Gasteiger partial charge < -0.3 is 14.4 Å². The van der Waals surface area contributed by atoms with Gasteiger partial charge in [0.2, 0.25) is 0 Å². The zero-order valence-corrected chi connectivity index (χ0v) is 13.4. The summed E-state index contributed by atoms with van der Waals surface area (Å²) < 4.78 is 11.2. The molecule has 1 aromatic rings. The van der Waals surface area contributed by atoms with Crippen LogP contribution in [-0.2, 0) is 9.47 Å². The van der Waals surface area contributed by atoms with E-state index in [0.717, 1.165) is 45.0 Å². The Hall–Kier alpha value is -0.520. The molecule has 2 heterocycles. The zero-order valence-electron chi connectivity index (χ0n) is 11.9. The van der Waals surface area contributed by atoms with Gasteiger partial charge in [-0.3, -0.25) is 4.90 Å². The number of hydrogen-bond donors (Lipinski definition) is 0. The molecular weight excluding hydrogens is 311 g/mol. The maximum atomic E-state index is 6.09. The summed E-state index contributed by atoms with van der Waals surface area (Å²) in [4.78, 5) is 4.78. The highest BCUT2D eigenvalue weighted by Crippen LogP contribution is 2.27. The first-order valence-corrected chi connectivity index (χ1v) is 8.09. The fraction of sp³-hybridized carbons (Fsp3) is 0.600. The second-order valence-corrected chi connectivity index (χ2v) is 6.27. The molecule has 0 amide bonds. The minimum atomic E-state index is 0.218. The maximum Gasteiger partial charge on any atom is 0.0936 e. The van der Waals surface area contributed by atoms with Gasteiger partial charge in [-0.1, -0.05) is 23.2 Å². The van der Waals surface area contributed by atoms with Crippen molar-refractivity contribution >= 4 is 28.9 Å². The van der Waals surface area contributed by atoms with Gasteiger partial charge in [0.25, 0.3) is 0 Å². The van der Waals surface area contributed by atoms with E-state index in [4.69, 9.17) is 32.7 Å². The molecule has 116 valence electrons. The van der Waals surface area contributed by atoms with Gasteiger partial charge in [0.1, 0.15) is 0 Å². The van der Waals surface area contributed by atoms with Crippen molar-refractivity contribution in [2.24, 2.45) is 0 Å². The predicted octanol–water partition coefficient (Wildman–Crippen LogP) is 2.53. The fourth-order valence-corrected chi connectivity index (χ4v) is 3.09. The van der Waals surface area contributed by atoms with Crippen LogP contribution < -0.4 is 4.90 Å². The highest BCUT2D eigenvalue weighted by molar-refractivity contribution is 6.42. The van der Waals surface area contributed by atoms with Crippen LogP contribution in [0, 0.1) is 0 Å². The summed E-state index contributed by atoms with van der Waals surface area (Å²) in [6.45, 7) is 7.15. The highest BCUT2D eigenvalue weighted by atomic mass is 35.5. The van der Waals surface area contributed by atoms with Gasteiger partial charge in [-0.05, 0) is 18.2 Å². The third-order valence-electron chi connectivity index (χ3n) is 3.99. The number of nitrogens with zero attached hydrogens (tertiary/aromatic N) is 2. The average molecular weight is 331 g/mol. The van der Waals surface area contributed by atoms with Crippen LogP contribution in [0.25, 0.3) is 0 Å². The summed E-state index contributed by atoms with van der Waals surface area (Å²) in [6.07, 6.45) is 0.218. The van der Waals surface area contributed by atoms with E-state index < -0.39 is 0 Å². The Kier molecular flexibility index (Phi) is 5.24. The minimum Gasteiger partial charge on any atom is -0.376 e. The van der Waals surface area contributed by atoms with E-state index in [0.29, 0.717) is 23.3 Å². The van der Waals surface area contributed by atoms with Crippen molar-refractivity contribution in [3.05, 3.63) is 28.2 Å². The third-order valence-corrected chi connectivity index (χ3v) is 4.73. The number of rotatable bonds is 3. The quantitative estimate of drug-likeness (QED) is 0.850. The van der Waals surface area contributed by atoms with Crippen LogP contribution in [0.3, 0.4) is 0 Å². The predicted molar refractivity (Wildman–Crippen MR) is 85.7 cm³/mol. The van der Waals surface area contributed by atoms with Gasteiger partial charge in [0.15, 0.2) is 0 Å². The molecule has 0 aromatic heterocycles. The van der Waals surface area contributed by atoms with Gasteiger partial charge in [0, 0.05) is 38.4 Å². The van der Waals surface area contributed by atoms with E-state index in [9.17, 15) is 0 Å². The molecule has 0 saturated carbocycles. The van der Waals surface area contributed by atoms with Gasteiger partial charge in [-0.15, -0.1) is 0 Å². The number of piperazine rings is 1. The Morgan fingerprint density at radius 3 is 2.52 bits per heavy atom. The molecule has 0 spiro atoms. The monoisotopic (exact) mass is 330 g/mol. The first-order valence-electron chi connectivity index (χ1n) is 7.34. The van der Waals surface area contributed by atoms with Crippen molar-refractivity contribution in [3.8, 4) is 0 Å². The van der Waals surface area contributed by atoms with E-state index in [1.165, 1.54) is 0 Å². The van der Waals surface area contributed by atoms with Crippen LogP contribution in [0.1, 0.15) is 0 Å². The second-order valence-electron chi connectivity index (χ2n) is 5.45. The molecule has 6 heteroatoms. The van der Waals surface area contributed by atoms with E-state index >= 15 is 0 Å². The Morgan fingerprint density at radius 2 is 1.86 bits per heavy atom. The van der Waals surface area contributed by atoms with Gasteiger partial charge >= 0.3 is 0 Å². The summed E-state index contributed by atoms with van der Waals surface area (Å²) >= 11 is 12.1. The van der Waals surface area contributed by atoms with Crippen LogP contribution in [-0.4, -0.2) is 63.5 Å². The molecule has 1 unspecified atom stereocenters. The van der Waals surface area contributed by atoms with Crippen LogP contribution >= 0.6 is 23.2 Å². The van der Waals surface area contributed by atoms with Crippen molar-refractivity contribution in [1.29, 1.82) is 0 Å². The number of anilines is 1. The van der Waals surface area contributed by atoms with Gasteiger partial charge in [-0.2, -0.15) is 0 Å². The Morgan fingerprint density at radius 1 is 1.05 bits per heavy atom. The molecule has 0 radical (unpaired) electrons. The third kappa shape index (κ3) is 4.02. The zero-order chi connectivity index (χ0) is 14.7. The molecule has 21 heavy (non-hydrogen) atoms. The summed E-state index contributed by atoms with van der Waals surface area (Å²) in [5, 5.41) is 1.22. The van der Waals surface area contributed by atoms with Crippen LogP contribution in [0.4, 0.5) is 5.69 Å². The fourth-order valence-electron chi connectivity index (χ4n) is 2.80. The standard InChI is InChI=1S/C15H20Cl2N2O2/c16-14-2-1-12(9-15(14)17)19-5-3-18(4-6-19)10-13-11-20-7-8-21-13/h1-2,9,13H,3-8,10-11H2. The normalized spacial score (nSPS) is 24.3. The lowest BCUT2D eigenvalue weighted by Gasteiger charge is -2.38. The first kappa shape index (κ1) is 15.4. The van der Waals surface area contributed by atoms with Crippen LogP contribution in [0.2, 0.25) is 10.0 Å². The van der Waals surface area contributed by atoms with E-state index in [1.54, 1.807) is 0 Å². The maximum absolute atomic E-state index is 6.09. The molecular formula is C15H20Cl2N2O2. The topological polar surface area (TPSA) is 24.9 Å². The van der Waals surface area contributed by atoms with Crippen molar-refractivity contribution in [1.82, 2.24) is 4.90 Å². The van der Waals surface area contributed by atoms with Gasteiger partial charge in [0.05, 0.1) is 36.0 Å². The summed E-state index contributed by atoms with van der Waals surface area (Å²) in [6, 6.07) is 5.83. The molecule has 0 bridgehead atoms. The van der Waals surface area contributed by atoms with Crippen LogP contribution in [0.15, 0.2) is 18.2 Å². The van der Waals surface area contributed by atoms with E-state index in [-0.39, 0.29) is 6.10 Å². The van der Waals surface area contributed by atoms with Gasteiger partial charge in [-0.25, -0.2) is 0 Å². The molecule has 2 saturated heterocycles. The number of halogens is 2. The van der Waals surface area contributed by atoms with Crippen LogP contribution in [0.5, 0.6) is 0 Å². The second kappa shape index (κ2) is 7.16. The smallest absolute Gasteiger partial charge is 0.0936 e. The largest absolute Gasteiger partial charge is 0.376 e.